The van der Waals surface area contributed by atoms with E-state index >= 15 is 0 Å². The number of carboxylic acid groups (broad SMARTS) is 1. The van der Waals surface area contributed by atoms with E-state index < -0.39 is 23.3 Å². The SMILES string of the molecule is O=C(O)CC(c1ccccc1)N(c1cccc(-c2ccc(CNCCc3cnc[nH]3)cc2)c1)S(=O)O. The van der Waals surface area contributed by atoms with Crippen LogP contribution in [0.25, 0.3) is 11.1 Å². The molecule has 1 aromatic heterocycles. The van der Waals surface area contributed by atoms with Crippen molar-refractivity contribution in [2.45, 2.75) is 25.4 Å². The zero-order valence-electron chi connectivity index (χ0n) is 19.6. The van der Waals surface area contributed by atoms with E-state index in [1.807, 2.05) is 48.7 Å². The highest BCUT2D eigenvalue weighted by Crippen LogP contribution is 2.33. The van der Waals surface area contributed by atoms with Crippen molar-refractivity contribution in [3.63, 3.8) is 0 Å². The molecule has 0 bridgehead atoms. The van der Waals surface area contributed by atoms with E-state index in [9.17, 15) is 18.7 Å². The number of hydrogen-bond donors (Lipinski definition) is 4. The Kier molecular flexibility index (Phi) is 8.62. The van der Waals surface area contributed by atoms with E-state index in [4.69, 9.17) is 0 Å². The molecule has 0 radical (unpaired) electrons. The van der Waals surface area contributed by atoms with Crippen molar-refractivity contribution in [2.24, 2.45) is 0 Å². The number of anilines is 1. The van der Waals surface area contributed by atoms with Crippen LogP contribution in [0.5, 0.6) is 0 Å². The number of carboxylic acids is 1. The van der Waals surface area contributed by atoms with Gasteiger partial charge in [0.2, 0.25) is 0 Å². The zero-order valence-corrected chi connectivity index (χ0v) is 20.4. The Hall–Kier alpha value is -3.79. The number of H-pyrrole nitrogens is 1. The summed E-state index contributed by atoms with van der Waals surface area (Å²) in [5, 5.41) is 12.9. The second-order valence-electron chi connectivity index (χ2n) is 8.33. The molecule has 0 amide bonds. The average molecular weight is 505 g/mol. The predicted octanol–water partition coefficient (Wildman–Crippen LogP) is 4.57. The molecule has 0 spiro atoms. The molecule has 0 fully saturated rings. The molecular weight excluding hydrogens is 476 g/mol. The fraction of sp³-hybridized carbons (Fsp3) is 0.185. The average Bonchev–Trinajstić information content (AvgIpc) is 3.41. The topological polar surface area (TPSA) is 119 Å². The van der Waals surface area contributed by atoms with Gasteiger partial charge in [0.05, 0.1) is 24.5 Å². The molecule has 8 nitrogen and oxygen atoms in total. The van der Waals surface area contributed by atoms with Gasteiger partial charge in [0.25, 0.3) is 11.3 Å². The Morgan fingerprint density at radius 1 is 1.03 bits per heavy atom. The molecule has 0 saturated carbocycles. The summed E-state index contributed by atoms with van der Waals surface area (Å²) in [6.45, 7) is 1.57. The molecule has 186 valence electrons. The quantitative estimate of drug-likeness (QED) is 0.166. The lowest BCUT2D eigenvalue weighted by Crippen LogP contribution is -2.32. The number of nitrogens with zero attached hydrogens (tertiary/aromatic N) is 2. The molecule has 2 atom stereocenters. The molecule has 36 heavy (non-hydrogen) atoms. The molecule has 3 aromatic carbocycles. The van der Waals surface area contributed by atoms with Crippen molar-refractivity contribution in [1.82, 2.24) is 15.3 Å². The molecule has 0 aliphatic carbocycles. The van der Waals surface area contributed by atoms with E-state index in [0.29, 0.717) is 11.3 Å². The maximum absolute atomic E-state index is 12.4. The van der Waals surface area contributed by atoms with E-state index in [0.717, 1.165) is 41.9 Å². The third-order valence-electron chi connectivity index (χ3n) is 5.85. The van der Waals surface area contributed by atoms with Crippen LogP contribution in [0.1, 0.15) is 29.3 Å². The lowest BCUT2D eigenvalue weighted by molar-refractivity contribution is -0.137. The maximum Gasteiger partial charge on any atom is 0.305 e. The van der Waals surface area contributed by atoms with Crippen LogP contribution < -0.4 is 9.62 Å². The van der Waals surface area contributed by atoms with Gasteiger partial charge in [-0.2, -0.15) is 0 Å². The number of carbonyl (C=O) groups is 1. The van der Waals surface area contributed by atoms with Crippen LogP contribution in [-0.2, 0) is 29.0 Å². The van der Waals surface area contributed by atoms with Gasteiger partial charge < -0.3 is 15.4 Å². The number of imidazole rings is 1. The van der Waals surface area contributed by atoms with Gasteiger partial charge in [-0.1, -0.05) is 66.7 Å². The number of aromatic nitrogens is 2. The monoisotopic (exact) mass is 504 g/mol. The summed E-state index contributed by atoms with van der Waals surface area (Å²) in [6.07, 6.45) is 4.05. The lowest BCUT2D eigenvalue weighted by Gasteiger charge is -2.29. The van der Waals surface area contributed by atoms with E-state index in [1.165, 1.54) is 4.31 Å². The van der Waals surface area contributed by atoms with Crippen LogP contribution in [0.2, 0.25) is 0 Å². The highest BCUT2D eigenvalue weighted by atomic mass is 32.2. The van der Waals surface area contributed by atoms with Crippen LogP contribution in [0, 0.1) is 0 Å². The zero-order chi connectivity index (χ0) is 25.3. The third-order valence-corrected chi connectivity index (χ3v) is 6.65. The molecule has 4 rings (SSSR count). The van der Waals surface area contributed by atoms with Crippen LogP contribution in [0.15, 0.2) is 91.4 Å². The first kappa shape index (κ1) is 25.3. The largest absolute Gasteiger partial charge is 0.481 e. The van der Waals surface area contributed by atoms with E-state index in [-0.39, 0.29) is 6.42 Å². The van der Waals surface area contributed by atoms with Crippen molar-refractivity contribution >= 4 is 22.9 Å². The first-order valence-electron chi connectivity index (χ1n) is 11.6. The molecule has 2 unspecified atom stereocenters. The third kappa shape index (κ3) is 6.66. The standard InChI is InChI=1S/C27H28N4O4S/c32-27(33)16-26(22-5-2-1-3-6-22)31(36(34)35)25-8-4-7-23(15-25)21-11-9-20(10-12-21)17-28-14-13-24-18-29-19-30-24/h1-12,15,18-19,26,28H,13-14,16-17H2,(H,29,30)(H,32,33)(H,34,35). The molecule has 1 heterocycles. The second kappa shape index (κ2) is 12.3. The van der Waals surface area contributed by atoms with Gasteiger partial charge in [0.15, 0.2) is 0 Å². The van der Waals surface area contributed by atoms with E-state index in [2.05, 4.69) is 15.3 Å². The van der Waals surface area contributed by atoms with Crippen molar-refractivity contribution in [2.75, 3.05) is 10.8 Å². The van der Waals surface area contributed by atoms with Crippen LogP contribution >= 0.6 is 0 Å². The van der Waals surface area contributed by atoms with Crippen LogP contribution in [0.3, 0.4) is 0 Å². The first-order valence-corrected chi connectivity index (χ1v) is 12.6. The van der Waals surface area contributed by atoms with Gasteiger partial charge >= 0.3 is 5.97 Å². The molecule has 4 N–H and O–H groups in total. The minimum atomic E-state index is -2.43. The number of aromatic amines is 1. The number of hydrogen-bond acceptors (Lipinski definition) is 4. The summed E-state index contributed by atoms with van der Waals surface area (Å²) in [5.41, 5.74) is 5.17. The normalized spacial score (nSPS) is 12.7. The van der Waals surface area contributed by atoms with Gasteiger partial charge in [-0.15, -0.1) is 0 Å². The van der Waals surface area contributed by atoms with Gasteiger partial charge in [-0.3, -0.25) is 13.7 Å². The smallest absolute Gasteiger partial charge is 0.305 e. The summed E-state index contributed by atoms with van der Waals surface area (Å²) in [6, 6.07) is 23.5. The fourth-order valence-electron chi connectivity index (χ4n) is 4.07. The van der Waals surface area contributed by atoms with Crippen molar-refractivity contribution < 1.29 is 18.7 Å². The Bertz CT molecular complexity index is 1280. The van der Waals surface area contributed by atoms with Gasteiger partial charge in [-0.05, 0) is 34.4 Å². The predicted molar refractivity (Wildman–Crippen MR) is 141 cm³/mol. The van der Waals surface area contributed by atoms with Gasteiger partial charge in [-0.25, -0.2) is 9.19 Å². The van der Waals surface area contributed by atoms with Crippen LogP contribution in [0.4, 0.5) is 5.69 Å². The van der Waals surface area contributed by atoms with Crippen molar-refractivity contribution in [3.8, 4) is 11.1 Å². The Morgan fingerprint density at radius 3 is 2.47 bits per heavy atom. The number of nitrogens with one attached hydrogen (secondary N) is 2. The minimum absolute atomic E-state index is 0.317. The first-order chi connectivity index (χ1) is 17.5. The van der Waals surface area contributed by atoms with Crippen molar-refractivity contribution in [1.29, 1.82) is 0 Å². The van der Waals surface area contributed by atoms with Gasteiger partial charge in [0.1, 0.15) is 0 Å². The summed E-state index contributed by atoms with van der Waals surface area (Å²) in [5.74, 6) is -1.05. The number of rotatable bonds is 12. The lowest BCUT2D eigenvalue weighted by atomic mass is 10.0. The Labute approximate surface area is 212 Å². The fourth-order valence-corrected chi connectivity index (χ4v) is 4.78. The Balaban J connectivity index is 1.50. The second-order valence-corrected chi connectivity index (χ2v) is 9.19. The maximum atomic E-state index is 12.4. The minimum Gasteiger partial charge on any atom is -0.481 e. The molecule has 0 saturated heterocycles. The summed E-state index contributed by atoms with van der Waals surface area (Å²) in [4.78, 5) is 18.7. The molecular formula is C27H28N4O4S. The number of benzene rings is 3. The highest BCUT2D eigenvalue weighted by molar-refractivity contribution is 7.80. The summed E-state index contributed by atoms with van der Waals surface area (Å²) < 4.78 is 23.8. The molecule has 0 aliphatic heterocycles. The summed E-state index contributed by atoms with van der Waals surface area (Å²) >= 11 is -2.43. The molecule has 9 heteroatoms. The van der Waals surface area contributed by atoms with E-state index in [1.54, 1.807) is 42.7 Å². The van der Waals surface area contributed by atoms with Crippen molar-refractivity contribution in [3.05, 3.63) is 108 Å². The van der Waals surface area contributed by atoms with Crippen LogP contribution in [-0.4, -0.2) is 36.4 Å². The number of aliphatic carboxylic acids is 1. The molecule has 4 aromatic rings. The van der Waals surface area contributed by atoms with Gasteiger partial charge in [0, 0.05) is 31.4 Å². The summed E-state index contributed by atoms with van der Waals surface area (Å²) in [7, 11) is 0. The highest BCUT2D eigenvalue weighted by Gasteiger charge is 2.28. The Morgan fingerprint density at radius 2 is 1.81 bits per heavy atom. The molecule has 0 aliphatic rings.